The average Bonchev–Trinajstić information content (AvgIpc) is 2.95. The molecular formula is C19H26ClN3O3S. The minimum atomic E-state index is -0.0604. The molecule has 27 heavy (non-hydrogen) atoms. The van der Waals surface area contributed by atoms with E-state index in [1.165, 1.54) is 7.11 Å². The second-order valence-corrected chi connectivity index (χ2v) is 8.67. The van der Waals surface area contributed by atoms with Gasteiger partial charge in [0.15, 0.2) is 0 Å². The summed E-state index contributed by atoms with van der Waals surface area (Å²) >= 11 is 8.03. The SMILES string of the molecule is COCC(=O)N1CCN(CCN2C(=O)C(C)SC2c2ccccc2Cl)CC1. The van der Waals surface area contributed by atoms with E-state index in [0.717, 1.165) is 25.2 Å². The number of methoxy groups -OCH3 is 1. The molecule has 0 aliphatic carbocycles. The molecule has 2 aliphatic heterocycles. The van der Waals surface area contributed by atoms with Crippen molar-refractivity contribution in [2.24, 2.45) is 0 Å². The van der Waals surface area contributed by atoms with Crippen LogP contribution in [0.25, 0.3) is 0 Å². The largest absolute Gasteiger partial charge is 0.375 e. The molecule has 2 aliphatic rings. The highest BCUT2D eigenvalue weighted by atomic mass is 35.5. The Bertz CT molecular complexity index is 682. The van der Waals surface area contributed by atoms with Crippen molar-refractivity contribution < 1.29 is 14.3 Å². The molecule has 148 valence electrons. The van der Waals surface area contributed by atoms with Gasteiger partial charge in [-0.3, -0.25) is 14.5 Å². The predicted molar refractivity (Wildman–Crippen MR) is 108 cm³/mol. The minimum Gasteiger partial charge on any atom is -0.375 e. The van der Waals surface area contributed by atoms with Crippen LogP contribution in [0.15, 0.2) is 24.3 Å². The molecule has 0 spiro atoms. The number of piperazine rings is 1. The highest BCUT2D eigenvalue weighted by molar-refractivity contribution is 8.01. The van der Waals surface area contributed by atoms with Crippen LogP contribution in [0.2, 0.25) is 5.02 Å². The van der Waals surface area contributed by atoms with Crippen LogP contribution in [-0.4, -0.2) is 84.7 Å². The van der Waals surface area contributed by atoms with Crippen molar-refractivity contribution in [2.45, 2.75) is 17.5 Å². The second-order valence-electron chi connectivity index (χ2n) is 6.84. The molecule has 1 aromatic carbocycles. The fraction of sp³-hybridized carbons (Fsp3) is 0.579. The Morgan fingerprint density at radius 2 is 1.93 bits per heavy atom. The number of amides is 2. The number of hydrogen-bond donors (Lipinski definition) is 0. The zero-order chi connectivity index (χ0) is 19.4. The molecule has 0 N–H and O–H groups in total. The van der Waals surface area contributed by atoms with Gasteiger partial charge < -0.3 is 14.5 Å². The molecule has 8 heteroatoms. The second kappa shape index (κ2) is 9.28. The van der Waals surface area contributed by atoms with E-state index in [4.69, 9.17) is 16.3 Å². The van der Waals surface area contributed by atoms with Crippen LogP contribution < -0.4 is 0 Å². The number of benzene rings is 1. The van der Waals surface area contributed by atoms with Crippen molar-refractivity contribution in [3.63, 3.8) is 0 Å². The van der Waals surface area contributed by atoms with Crippen LogP contribution in [0.4, 0.5) is 0 Å². The topological polar surface area (TPSA) is 53.1 Å². The highest BCUT2D eigenvalue weighted by Crippen LogP contribution is 2.44. The van der Waals surface area contributed by atoms with E-state index in [1.807, 2.05) is 41.0 Å². The lowest BCUT2D eigenvalue weighted by Gasteiger charge is -2.36. The molecule has 3 rings (SSSR count). The first-order valence-electron chi connectivity index (χ1n) is 9.20. The summed E-state index contributed by atoms with van der Waals surface area (Å²) in [5.74, 6) is 0.203. The van der Waals surface area contributed by atoms with Gasteiger partial charge in [0.25, 0.3) is 0 Å². The lowest BCUT2D eigenvalue weighted by molar-refractivity contribution is -0.136. The summed E-state index contributed by atoms with van der Waals surface area (Å²) in [5.41, 5.74) is 0.997. The van der Waals surface area contributed by atoms with Crippen molar-refractivity contribution in [1.29, 1.82) is 0 Å². The monoisotopic (exact) mass is 411 g/mol. The summed E-state index contributed by atoms with van der Waals surface area (Å²) in [4.78, 5) is 30.6. The first-order chi connectivity index (χ1) is 13.0. The maximum absolute atomic E-state index is 12.7. The van der Waals surface area contributed by atoms with Gasteiger partial charge in [-0.1, -0.05) is 29.8 Å². The van der Waals surface area contributed by atoms with E-state index < -0.39 is 0 Å². The Labute approximate surface area is 169 Å². The summed E-state index contributed by atoms with van der Waals surface area (Å²) in [5, 5.41) is 0.604. The van der Waals surface area contributed by atoms with E-state index in [9.17, 15) is 9.59 Å². The van der Waals surface area contributed by atoms with Gasteiger partial charge in [0.1, 0.15) is 12.0 Å². The van der Waals surface area contributed by atoms with Crippen molar-refractivity contribution in [2.75, 3.05) is 53.0 Å². The van der Waals surface area contributed by atoms with Gasteiger partial charge in [0.05, 0.1) is 5.25 Å². The summed E-state index contributed by atoms with van der Waals surface area (Å²) in [6.45, 7) is 6.59. The number of halogens is 1. The predicted octanol–water partition coefficient (Wildman–Crippen LogP) is 2.09. The number of carbonyl (C=O) groups is 2. The van der Waals surface area contributed by atoms with Crippen molar-refractivity contribution in [1.82, 2.24) is 14.7 Å². The van der Waals surface area contributed by atoms with E-state index in [-0.39, 0.29) is 29.0 Å². The number of nitrogens with zero attached hydrogens (tertiary/aromatic N) is 3. The number of carbonyl (C=O) groups excluding carboxylic acids is 2. The van der Waals surface area contributed by atoms with Crippen LogP contribution in [0, 0.1) is 0 Å². The third kappa shape index (κ3) is 4.77. The third-order valence-electron chi connectivity index (χ3n) is 5.07. The smallest absolute Gasteiger partial charge is 0.248 e. The fourth-order valence-electron chi connectivity index (χ4n) is 3.50. The zero-order valence-electron chi connectivity index (χ0n) is 15.8. The molecule has 2 heterocycles. The number of hydrogen-bond acceptors (Lipinski definition) is 5. The van der Waals surface area contributed by atoms with Gasteiger partial charge in [-0.15, -0.1) is 11.8 Å². The Kier molecular flexibility index (Phi) is 7.03. The molecule has 2 atom stereocenters. The standard InChI is InChI=1S/C19H26ClN3O3S/c1-14-18(25)23(19(27-14)15-5-3-4-6-16(15)20)12-9-21-7-10-22(11-8-21)17(24)13-26-2/h3-6,14,19H,7-13H2,1-2H3. The summed E-state index contributed by atoms with van der Waals surface area (Å²) < 4.78 is 4.92. The maximum atomic E-state index is 12.7. The zero-order valence-corrected chi connectivity index (χ0v) is 17.3. The van der Waals surface area contributed by atoms with Gasteiger partial charge in [-0.25, -0.2) is 0 Å². The molecule has 0 radical (unpaired) electrons. The lowest BCUT2D eigenvalue weighted by Crippen LogP contribution is -2.51. The molecule has 6 nitrogen and oxygen atoms in total. The molecule has 2 amide bonds. The quantitative estimate of drug-likeness (QED) is 0.717. The van der Waals surface area contributed by atoms with Crippen LogP contribution in [0.1, 0.15) is 17.9 Å². The normalized spacial score (nSPS) is 23.9. The molecule has 2 saturated heterocycles. The fourth-order valence-corrected chi connectivity index (χ4v) is 5.15. The summed E-state index contributed by atoms with van der Waals surface area (Å²) in [7, 11) is 1.54. The molecule has 0 aromatic heterocycles. The first kappa shape index (κ1) is 20.5. The summed E-state index contributed by atoms with van der Waals surface area (Å²) in [6, 6.07) is 7.74. The number of ether oxygens (including phenoxy) is 1. The summed E-state index contributed by atoms with van der Waals surface area (Å²) in [6.07, 6.45) is 0. The average molecular weight is 412 g/mol. The Hall–Kier alpha value is -1.28. The number of thioether (sulfide) groups is 1. The molecule has 2 unspecified atom stereocenters. The Balaban J connectivity index is 1.57. The maximum Gasteiger partial charge on any atom is 0.248 e. The molecule has 2 fully saturated rings. The van der Waals surface area contributed by atoms with Crippen LogP contribution in [0.3, 0.4) is 0 Å². The number of rotatable bonds is 6. The highest BCUT2D eigenvalue weighted by Gasteiger charge is 2.39. The minimum absolute atomic E-state index is 0.0363. The molecule has 0 bridgehead atoms. The Morgan fingerprint density at radius 1 is 1.22 bits per heavy atom. The van der Waals surface area contributed by atoms with Gasteiger partial charge in [-0.2, -0.15) is 0 Å². The van der Waals surface area contributed by atoms with E-state index in [2.05, 4.69) is 4.90 Å². The van der Waals surface area contributed by atoms with Crippen molar-refractivity contribution in [3.05, 3.63) is 34.9 Å². The van der Waals surface area contributed by atoms with Crippen molar-refractivity contribution >= 4 is 35.2 Å². The third-order valence-corrected chi connectivity index (χ3v) is 6.79. The molecule has 1 aromatic rings. The van der Waals surface area contributed by atoms with Crippen molar-refractivity contribution in [3.8, 4) is 0 Å². The first-order valence-corrected chi connectivity index (χ1v) is 10.5. The van der Waals surface area contributed by atoms with Gasteiger partial charge in [0, 0.05) is 57.0 Å². The van der Waals surface area contributed by atoms with E-state index in [1.54, 1.807) is 11.8 Å². The Morgan fingerprint density at radius 3 is 2.59 bits per heavy atom. The van der Waals surface area contributed by atoms with Crippen LogP contribution in [-0.2, 0) is 14.3 Å². The van der Waals surface area contributed by atoms with Gasteiger partial charge in [-0.05, 0) is 13.0 Å². The lowest BCUT2D eigenvalue weighted by atomic mass is 10.2. The molecule has 0 saturated carbocycles. The van der Waals surface area contributed by atoms with Gasteiger partial charge in [0.2, 0.25) is 11.8 Å². The van der Waals surface area contributed by atoms with Gasteiger partial charge >= 0.3 is 0 Å². The van der Waals surface area contributed by atoms with E-state index in [0.29, 0.717) is 24.7 Å². The van der Waals surface area contributed by atoms with Crippen LogP contribution >= 0.6 is 23.4 Å². The van der Waals surface area contributed by atoms with Crippen LogP contribution in [0.5, 0.6) is 0 Å². The van der Waals surface area contributed by atoms with E-state index >= 15 is 0 Å². The molecular weight excluding hydrogens is 386 g/mol.